The van der Waals surface area contributed by atoms with Crippen molar-refractivity contribution in [2.24, 2.45) is 13.0 Å². The van der Waals surface area contributed by atoms with Gasteiger partial charge in [0.2, 0.25) is 16.7 Å². The highest BCUT2D eigenvalue weighted by Gasteiger charge is 2.08. The molecule has 196 valence electrons. The fraction of sp³-hybridized carbons (Fsp3) is 0.259. The molecule has 0 spiro atoms. The predicted molar refractivity (Wildman–Crippen MR) is 143 cm³/mol. The smallest absolute Gasteiger partial charge is 0.333 e. The first-order valence-corrected chi connectivity index (χ1v) is 12.3. The molecule has 0 saturated carbocycles. The van der Waals surface area contributed by atoms with Gasteiger partial charge in [-0.2, -0.15) is 0 Å². The number of nitrogens with zero attached hydrogens (tertiary/aromatic N) is 2. The number of imidazole rings is 1. The summed E-state index contributed by atoms with van der Waals surface area (Å²) in [5, 5.41) is 0. The van der Waals surface area contributed by atoms with E-state index in [1.165, 1.54) is 16.6 Å². The van der Waals surface area contributed by atoms with Gasteiger partial charge in [0.05, 0.1) is 27.0 Å². The molecular weight excluding hydrogens is 480 g/mol. The zero-order valence-corrected chi connectivity index (χ0v) is 22.4. The van der Waals surface area contributed by atoms with Gasteiger partial charge in [0.1, 0.15) is 0 Å². The summed E-state index contributed by atoms with van der Waals surface area (Å²) in [5.74, 6) is 0.0944. The van der Waals surface area contributed by atoms with E-state index in [9.17, 15) is 17.8 Å². The molecule has 0 amide bonds. The normalized spacial score (nSPS) is 9.97. The van der Waals surface area contributed by atoms with E-state index in [-0.39, 0.29) is 5.97 Å². The Bertz CT molecular complexity index is 1220. The first kappa shape index (κ1) is 32.5. The largest absolute Gasteiger partial charge is 0.726 e. The van der Waals surface area contributed by atoms with Gasteiger partial charge in [-0.15, -0.1) is 0 Å². The monoisotopic (exact) mass is 516 g/mol. The Kier molecular flexibility index (Phi) is 15.3. The lowest BCUT2D eigenvalue weighted by Crippen LogP contribution is -2.25. The molecule has 36 heavy (non-hydrogen) atoms. The number of hydrogen-bond donors (Lipinski definition) is 0. The molecule has 1 heterocycles. The Morgan fingerprint density at radius 1 is 1.11 bits per heavy atom. The molecule has 0 aliphatic heterocycles. The van der Waals surface area contributed by atoms with Crippen LogP contribution in [0.3, 0.4) is 0 Å². The van der Waals surface area contributed by atoms with Crippen molar-refractivity contribution in [1.82, 2.24) is 4.57 Å². The number of benzene rings is 2. The average Bonchev–Trinajstić information content (AvgIpc) is 3.19. The van der Waals surface area contributed by atoms with Gasteiger partial charge in [-0.3, -0.25) is 4.18 Å². The fourth-order valence-electron chi connectivity index (χ4n) is 2.39. The molecule has 0 radical (unpaired) electrons. The molecule has 0 unspecified atom stereocenters. The summed E-state index contributed by atoms with van der Waals surface area (Å²) in [6.45, 7) is 16.9. The van der Waals surface area contributed by atoms with Gasteiger partial charge < -0.3 is 9.29 Å². The number of aryl methyl sites for hydroxylation is 1. The molecule has 0 fully saturated rings. The van der Waals surface area contributed by atoms with Crippen LogP contribution in [-0.4, -0.2) is 37.2 Å². The van der Waals surface area contributed by atoms with Crippen LogP contribution in [0.4, 0.5) is 0 Å². The Morgan fingerprint density at radius 3 is 2.06 bits per heavy atom. The number of ether oxygens (including phenoxy) is 1. The lowest BCUT2D eigenvalue weighted by molar-refractivity contribution is -0.645. The average molecular weight is 517 g/mol. The zero-order chi connectivity index (χ0) is 27.7. The van der Waals surface area contributed by atoms with E-state index in [1.54, 1.807) is 6.92 Å². The van der Waals surface area contributed by atoms with Crippen molar-refractivity contribution in [3.63, 3.8) is 0 Å². The van der Waals surface area contributed by atoms with Gasteiger partial charge in [-0.25, -0.2) is 22.3 Å². The molecule has 9 heteroatoms. The van der Waals surface area contributed by atoms with E-state index < -0.39 is 10.4 Å². The number of hydrogen-bond acceptors (Lipinski definition) is 6. The summed E-state index contributed by atoms with van der Waals surface area (Å²) in [7, 11) is -1.57. The molecule has 0 atom stereocenters. The number of esters is 1. The third kappa shape index (κ3) is 14.0. The van der Waals surface area contributed by atoms with Crippen LogP contribution in [0.2, 0.25) is 0 Å². The highest BCUT2D eigenvalue weighted by Crippen LogP contribution is 2.09. The van der Waals surface area contributed by atoms with E-state index in [4.69, 9.17) is 4.74 Å². The second-order valence-electron chi connectivity index (χ2n) is 7.77. The molecule has 1 aromatic heterocycles. The molecule has 8 nitrogen and oxygen atoms in total. The van der Waals surface area contributed by atoms with E-state index in [0.29, 0.717) is 18.1 Å². The first-order chi connectivity index (χ1) is 16.9. The predicted octanol–water partition coefficient (Wildman–Crippen LogP) is 4.75. The van der Waals surface area contributed by atoms with Crippen LogP contribution in [-0.2, 0) is 31.2 Å². The molecule has 2 aromatic carbocycles. The second kappa shape index (κ2) is 17.0. The maximum atomic E-state index is 10.7. The van der Waals surface area contributed by atoms with Crippen LogP contribution < -0.4 is 4.57 Å². The van der Waals surface area contributed by atoms with Crippen LogP contribution in [0.1, 0.15) is 26.3 Å². The van der Waals surface area contributed by atoms with Crippen molar-refractivity contribution in [3.05, 3.63) is 91.8 Å². The first-order valence-electron chi connectivity index (χ1n) is 11.0. The third-order valence-corrected chi connectivity index (χ3v) is 4.58. The summed E-state index contributed by atoms with van der Waals surface area (Å²) in [5.41, 5.74) is 4.04. The maximum absolute atomic E-state index is 10.7. The molecule has 0 N–H and O–H groups in total. The van der Waals surface area contributed by atoms with Crippen molar-refractivity contribution in [2.75, 3.05) is 13.7 Å². The second-order valence-corrected chi connectivity index (χ2v) is 8.92. The highest BCUT2D eigenvalue weighted by molar-refractivity contribution is 7.80. The number of para-hydroxylation sites is 2. The molecule has 0 bridgehead atoms. The van der Waals surface area contributed by atoms with Crippen LogP contribution in [0.25, 0.3) is 23.3 Å². The molecule has 3 aromatic rings. The van der Waals surface area contributed by atoms with Gasteiger partial charge in [0, 0.05) is 5.57 Å². The van der Waals surface area contributed by atoms with Crippen LogP contribution >= 0.6 is 0 Å². The van der Waals surface area contributed by atoms with Crippen molar-refractivity contribution in [3.8, 4) is 0 Å². The van der Waals surface area contributed by atoms with Crippen molar-refractivity contribution < 1.29 is 31.3 Å². The van der Waals surface area contributed by atoms with E-state index in [0.717, 1.165) is 7.11 Å². The molecule has 0 saturated heterocycles. The molecule has 3 rings (SSSR count). The standard InChI is InChI=1S/C10H11N2.C8H14O2.C8H8.CH4O4S/c1-3-12-8-11(2)9-6-4-5-7-10(9)12;1-6(2)5-10-8(9)7(3)4;1-2-8-6-4-3-5-7-8;1-5-6(2,3)4/h3-8H,1H2,2H3;6H,3,5H2,1-2,4H3;2-7H,1H2;1H3,(H,2,3,4)/q+1;;;/p-1. The van der Waals surface area contributed by atoms with Gasteiger partial charge >= 0.3 is 5.97 Å². The number of rotatable bonds is 6. The van der Waals surface area contributed by atoms with E-state index >= 15 is 0 Å². The zero-order valence-electron chi connectivity index (χ0n) is 21.6. The number of carbonyl (C=O) groups is 1. The maximum Gasteiger partial charge on any atom is 0.333 e. The Morgan fingerprint density at radius 2 is 1.64 bits per heavy atom. The molecule has 0 aliphatic carbocycles. The number of carbonyl (C=O) groups excluding carboxylic acids is 1. The topological polar surface area (TPSA) is 102 Å². The number of fused-ring (bicyclic) bond motifs is 1. The fourth-order valence-corrected chi connectivity index (χ4v) is 2.39. The summed E-state index contributed by atoms with van der Waals surface area (Å²) < 4.78 is 39.9. The highest BCUT2D eigenvalue weighted by atomic mass is 32.3. The van der Waals surface area contributed by atoms with Crippen molar-refractivity contribution >= 4 is 39.7 Å². The summed E-state index contributed by atoms with van der Waals surface area (Å²) in [4.78, 5) is 10.7. The van der Waals surface area contributed by atoms with E-state index in [1.807, 2.05) is 86.5 Å². The summed E-state index contributed by atoms with van der Waals surface area (Å²) >= 11 is 0. The Labute approximate surface area is 214 Å². The Balaban J connectivity index is 0.000000469. The van der Waals surface area contributed by atoms with Crippen LogP contribution in [0, 0.1) is 5.92 Å². The van der Waals surface area contributed by atoms with Gasteiger partial charge in [0.15, 0.2) is 11.0 Å². The Hall–Kier alpha value is -3.53. The van der Waals surface area contributed by atoms with Crippen molar-refractivity contribution in [1.29, 1.82) is 0 Å². The lowest BCUT2D eigenvalue weighted by atomic mass is 10.2. The quantitative estimate of drug-likeness (QED) is 0.154. The van der Waals surface area contributed by atoms with Gasteiger partial charge in [-0.1, -0.05) is 82.1 Å². The minimum atomic E-state index is -4.41. The third-order valence-electron chi connectivity index (χ3n) is 4.17. The van der Waals surface area contributed by atoms with Crippen molar-refractivity contribution in [2.45, 2.75) is 20.8 Å². The van der Waals surface area contributed by atoms with Gasteiger partial charge in [-0.05, 0) is 30.5 Å². The minimum Gasteiger partial charge on any atom is -0.726 e. The molecular formula is C27H36N2O6S. The van der Waals surface area contributed by atoms with E-state index in [2.05, 4.69) is 40.6 Å². The van der Waals surface area contributed by atoms with Gasteiger partial charge in [0.25, 0.3) is 0 Å². The minimum absolute atomic E-state index is 0.297. The summed E-state index contributed by atoms with van der Waals surface area (Å²) in [6.07, 6.45) is 5.65. The molecule has 0 aliphatic rings. The lowest BCUT2D eigenvalue weighted by Gasteiger charge is -2.05. The summed E-state index contributed by atoms with van der Waals surface area (Å²) in [6, 6.07) is 18.3. The van der Waals surface area contributed by atoms with Crippen LogP contribution in [0.5, 0.6) is 0 Å². The number of aromatic nitrogens is 2. The van der Waals surface area contributed by atoms with Crippen LogP contribution in [0.15, 0.2) is 86.2 Å². The SMILES string of the molecule is C=C(C)C(=O)OCC(C)C.C=Cc1ccccc1.C=Cn1c[n+](C)c2ccccc21.COS(=O)(=O)[O-].